The molecule has 0 aliphatic rings. The van der Waals surface area contributed by atoms with Crippen LogP contribution in [0.2, 0.25) is 0 Å². The average Bonchev–Trinajstić information content (AvgIpc) is 3.00. The van der Waals surface area contributed by atoms with Crippen LogP contribution in [0.5, 0.6) is 0 Å². The lowest BCUT2D eigenvalue weighted by Crippen LogP contribution is -2.26. The number of carbonyl (C=O) groups is 1. The molecule has 4 nitrogen and oxygen atoms in total. The summed E-state index contributed by atoms with van der Waals surface area (Å²) in [6, 6.07) is 13.3. The Morgan fingerprint density at radius 1 is 1.29 bits per heavy atom. The predicted octanol–water partition coefficient (Wildman–Crippen LogP) is 2.48. The molecule has 2 rings (SSSR count). The van der Waals surface area contributed by atoms with Crippen LogP contribution in [0.25, 0.3) is 0 Å². The van der Waals surface area contributed by atoms with Crippen LogP contribution >= 0.6 is 11.3 Å². The van der Waals surface area contributed by atoms with Crippen LogP contribution < -0.4 is 5.32 Å². The molecule has 1 aromatic carbocycles. The number of hydrogen-bond donors (Lipinski definition) is 2. The lowest BCUT2D eigenvalue weighted by molar-refractivity contribution is -0.125. The van der Waals surface area contributed by atoms with Gasteiger partial charge in [0.05, 0.1) is 6.54 Å². The first kappa shape index (κ1) is 15.7. The molecule has 2 aromatic rings. The molecule has 0 unspecified atom stereocenters. The quantitative estimate of drug-likeness (QED) is 0.826. The molecule has 0 radical (unpaired) electrons. The fourth-order valence-corrected chi connectivity index (χ4v) is 2.83. The molecule has 0 fully saturated rings. The Balaban J connectivity index is 1.91. The second kappa shape index (κ2) is 7.93. The smallest absolute Gasteiger partial charge is 0.246 e. The largest absolute Gasteiger partial charge is 0.383 e. The summed E-state index contributed by atoms with van der Waals surface area (Å²) in [6.07, 6.45) is -0.621. The van der Waals surface area contributed by atoms with E-state index in [1.54, 1.807) is 0 Å². The van der Waals surface area contributed by atoms with E-state index in [0.717, 1.165) is 15.3 Å². The van der Waals surface area contributed by atoms with E-state index in [1.807, 2.05) is 49.4 Å². The lowest BCUT2D eigenvalue weighted by Gasteiger charge is -2.08. The highest BCUT2D eigenvalue weighted by Gasteiger charge is 2.12. The van der Waals surface area contributed by atoms with E-state index < -0.39 is 6.10 Å². The van der Waals surface area contributed by atoms with Gasteiger partial charge in [0.25, 0.3) is 0 Å². The summed E-state index contributed by atoms with van der Waals surface area (Å²) < 4.78 is 5.04. The maximum Gasteiger partial charge on any atom is 0.246 e. The van der Waals surface area contributed by atoms with Gasteiger partial charge >= 0.3 is 0 Å². The van der Waals surface area contributed by atoms with Gasteiger partial charge in [0, 0.05) is 16.4 Å². The van der Waals surface area contributed by atoms with E-state index in [2.05, 4.69) is 5.32 Å². The van der Waals surface area contributed by atoms with Gasteiger partial charge in [0.2, 0.25) is 5.91 Å². The fourth-order valence-electron chi connectivity index (χ4n) is 1.87. The van der Waals surface area contributed by atoms with E-state index in [0.29, 0.717) is 13.2 Å². The van der Waals surface area contributed by atoms with Gasteiger partial charge in [-0.25, -0.2) is 0 Å². The summed E-state index contributed by atoms with van der Waals surface area (Å²) in [6.45, 7) is 2.92. The highest BCUT2D eigenvalue weighted by molar-refractivity contribution is 7.12. The molecule has 0 aliphatic carbocycles. The normalized spacial score (nSPS) is 12.1. The molecule has 0 aliphatic heterocycles. The Morgan fingerprint density at radius 3 is 2.76 bits per heavy atom. The number of rotatable bonds is 7. The first-order valence-corrected chi connectivity index (χ1v) is 7.68. The van der Waals surface area contributed by atoms with Crippen molar-refractivity contribution >= 4 is 17.2 Å². The Morgan fingerprint density at radius 2 is 2.05 bits per heavy atom. The first-order chi connectivity index (χ1) is 10.2. The topological polar surface area (TPSA) is 58.6 Å². The number of benzene rings is 1. The monoisotopic (exact) mass is 305 g/mol. The summed E-state index contributed by atoms with van der Waals surface area (Å²) in [4.78, 5) is 13.3. The van der Waals surface area contributed by atoms with Gasteiger partial charge in [-0.2, -0.15) is 0 Å². The van der Waals surface area contributed by atoms with Crippen LogP contribution in [-0.4, -0.2) is 24.2 Å². The number of ether oxygens (including phenoxy) is 1. The summed E-state index contributed by atoms with van der Waals surface area (Å²) in [5.74, 6) is -0.129. The lowest BCUT2D eigenvalue weighted by atomic mass is 10.1. The molecular formula is C16H19NO3S. The summed E-state index contributed by atoms with van der Waals surface area (Å²) in [5.41, 5.74) is 0.867. The number of thiophene rings is 1. The van der Waals surface area contributed by atoms with Gasteiger partial charge in [0.15, 0.2) is 0 Å². The maximum absolute atomic E-state index is 11.5. The molecule has 0 bridgehead atoms. The number of nitrogens with one attached hydrogen (secondary N) is 1. The van der Waals surface area contributed by atoms with Crippen molar-refractivity contribution in [2.45, 2.75) is 19.6 Å². The Hall–Kier alpha value is -1.69. The number of hydrogen-bond acceptors (Lipinski definition) is 4. The number of aliphatic hydroxyl groups is 1. The fraction of sp³-hybridized carbons (Fsp3) is 0.312. The third-order valence-electron chi connectivity index (χ3n) is 2.96. The molecule has 5 heteroatoms. The first-order valence-electron chi connectivity index (χ1n) is 6.86. The van der Waals surface area contributed by atoms with Crippen LogP contribution in [0.4, 0.5) is 0 Å². The van der Waals surface area contributed by atoms with Crippen molar-refractivity contribution in [3.8, 4) is 0 Å². The summed E-state index contributed by atoms with van der Waals surface area (Å²) in [7, 11) is 0. The summed E-state index contributed by atoms with van der Waals surface area (Å²) >= 11 is 1.50. The molecule has 0 spiro atoms. The zero-order valence-electron chi connectivity index (χ0n) is 11.9. The van der Waals surface area contributed by atoms with Crippen LogP contribution in [0.1, 0.15) is 28.3 Å². The maximum atomic E-state index is 11.5. The van der Waals surface area contributed by atoms with Crippen molar-refractivity contribution < 1.29 is 14.6 Å². The van der Waals surface area contributed by atoms with Crippen LogP contribution in [-0.2, 0) is 16.1 Å². The minimum Gasteiger partial charge on any atom is -0.383 e. The van der Waals surface area contributed by atoms with Crippen LogP contribution in [0.3, 0.4) is 0 Å². The number of carbonyl (C=O) groups excluding carboxylic acids is 1. The zero-order chi connectivity index (χ0) is 15.1. The van der Waals surface area contributed by atoms with Gasteiger partial charge < -0.3 is 15.2 Å². The zero-order valence-corrected chi connectivity index (χ0v) is 12.7. The Kier molecular flexibility index (Phi) is 5.92. The van der Waals surface area contributed by atoms with Gasteiger partial charge in [-0.3, -0.25) is 4.79 Å². The third-order valence-corrected chi connectivity index (χ3v) is 4.10. The molecule has 0 saturated carbocycles. The van der Waals surface area contributed by atoms with Crippen molar-refractivity contribution in [2.24, 2.45) is 0 Å². The molecular weight excluding hydrogens is 286 g/mol. The Bertz CT molecular complexity index is 568. The Labute approximate surface area is 128 Å². The third kappa shape index (κ3) is 4.67. The predicted molar refractivity (Wildman–Crippen MR) is 83.2 cm³/mol. The molecule has 1 atom stereocenters. The molecule has 0 saturated heterocycles. The average molecular weight is 305 g/mol. The van der Waals surface area contributed by atoms with Crippen molar-refractivity contribution in [1.29, 1.82) is 0 Å². The molecule has 1 aromatic heterocycles. The van der Waals surface area contributed by atoms with E-state index in [4.69, 9.17) is 4.74 Å². The van der Waals surface area contributed by atoms with Crippen LogP contribution in [0, 0.1) is 0 Å². The summed E-state index contributed by atoms with van der Waals surface area (Å²) in [5, 5.41) is 13.1. The van der Waals surface area contributed by atoms with Crippen molar-refractivity contribution in [3.63, 3.8) is 0 Å². The molecule has 1 heterocycles. The van der Waals surface area contributed by atoms with E-state index in [9.17, 15) is 9.90 Å². The molecule has 2 N–H and O–H groups in total. The van der Waals surface area contributed by atoms with Gasteiger partial charge in [-0.1, -0.05) is 30.3 Å². The van der Waals surface area contributed by atoms with Gasteiger partial charge in [-0.15, -0.1) is 11.3 Å². The minimum absolute atomic E-state index is 0.0847. The van der Waals surface area contributed by atoms with Crippen molar-refractivity contribution in [2.75, 3.05) is 13.2 Å². The van der Waals surface area contributed by atoms with Gasteiger partial charge in [-0.05, 0) is 24.6 Å². The standard InChI is InChI=1S/C16H19NO3S/c1-2-20-11-15(18)17-10-13-8-9-14(21-13)16(19)12-6-4-3-5-7-12/h3-9,16,19H,2,10-11H2,1H3,(H,17,18)/t16-/m1/s1. The van der Waals surface area contributed by atoms with Crippen molar-refractivity contribution in [1.82, 2.24) is 5.32 Å². The second-order valence-corrected chi connectivity index (χ2v) is 5.73. The van der Waals surface area contributed by atoms with E-state index >= 15 is 0 Å². The van der Waals surface area contributed by atoms with E-state index in [-0.39, 0.29) is 12.5 Å². The van der Waals surface area contributed by atoms with Crippen LogP contribution in [0.15, 0.2) is 42.5 Å². The minimum atomic E-state index is -0.621. The molecule has 1 amide bonds. The molecule has 112 valence electrons. The second-order valence-electron chi connectivity index (χ2n) is 4.53. The van der Waals surface area contributed by atoms with Gasteiger partial charge in [0.1, 0.15) is 12.7 Å². The number of aliphatic hydroxyl groups excluding tert-OH is 1. The van der Waals surface area contributed by atoms with Crippen molar-refractivity contribution in [3.05, 3.63) is 57.8 Å². The highest BCUT2D eigenvalue weighted by atomic mass is 32.1. The highest BCUT2D eigenvalue weighted by Crippen LogP contribution is 2.28. The number of amides is 1. The molecule has 21 heavy (non-hydrogen) atoms. The van der Waals surface area contributed by atoms with E-state index in [1.165, 1.54) is 11.3 Å². The SMILES string of the molecule is CCOCC(=O)NCc1ccc([C@H](O)c2ccccc2)s1.